The van der Waals surface area contributed by atoms with Crippen LogP contribution in [0.1, 0.15) is 18.9 Å². The third kappa shape index (κ3) is 5.42. The highest BCUT2D eigenvalue weighted by Gasteiger charge is 2.24. The molecule has 2 heterocycles. The first-order valence-electron chi connectivity index (χ1n) is 9.58. The predicted molar refractivity (Wildman–Crippen MR) is 107 cm³/mol. The highest BCUT2D eigenvalue weighted by atomic mass is 19.1. The van der Waals surface area contributed by atoms with Crippen molar-refractivity contribution in [3.63, 3.8) is 0 Å². The van der Waals surface area contributed by atoms with Gasteiger partial charge in [0.25, 0.3) is 0 Å². The van der Waals surface area contributed by atoms with Crippen molar-refractivity contribution in [3.8, 4) is 11.5 Å². The van der Waals surface area contributed by atoms with Crippen LogP contribution in [-0.4, -0.2) is 49.2 Å². The van der Waals surface area contributed by atoms with Gasteiger partial charge in [0.1, 0.15) is 5.75 Å². The van der Waals surface area contributed by atoms with E-state index in [1.54, 1.807) is 37.7 Å². The number of nitrogens with zero attached hydrogens (tertiary/aromatic N) is 3. The van der Waals surface area contributed by atoms with Crippen LogP contribution >= 0.6 is 0 Å². The molecule has 0 saturated carbocycles. The highest BCUT2D eigenvalue weighted by Crippen LogP contribution is 2.25. The van der Waals surface area contributed by atoms with Gasteiger partial charge in [-0.15, -0.1) is 0 Å². The zero-order chi connectivity index (χ0) is 19.8. The van der Waals surface area contributed by atoms with Gasteiger partial charge in [-0.25, -0.2) is 9.38 Å². The number of halogens is 1. The summed E-state index contributed by atoms with van der Waals surface area (Å²) in [4.78, 5) is 10.9. The minimum absolute atomic E-state index is 0.176. The Kier molecular flexibility index (Phi) is 7.19. The van der Waals surface area contributed by atoms with Crippen LogP contribution in [0.3, 0.4) is 0 Å². The van der Waals surface area contributed by atoms with E-state index in [9.17, 15) is 4.39 Å². The standard InChI is InChI=1S/C21H27FN4O2/c1-3-24-21(26-10-8-17(14-26)15-27-2)25-12-16-6-7-20(19(22)11-16)28-18-5-4-9-23-13-18/h4-7,9,11,13,17H,3,8,10,12,14-15H2,1-2H3,(H,24,25). The number of hydrogen-bond donors (Lipinski definition) is 1. The van der Waals surface area contributed by atoms with Crippen LogP contribution in [0.25, 0.3) is 0 Å². The molecule has 6 nitrogen and oxygen atoms in total. The van der Waals surface area contributed by atoms with Crippen molar-refractivity contribution in [3.05, 3.63) is 54.1 Å². The lowest BCUT2D eigenvalue weighted by atomic mass is 10.1. The molecule has 0 bridgehead atoms. The van der Waals surface area contributed by atoms with Crippen LogP contribution in [-0.2, 0) is 11.3 Å². The number of guanidine groups is 1. The number of likely N-dealkylation sites (tertiary alicyclic amines) is 1. The molecule has 150 valence electrons. The lowest BCUT2D eigenvalue weighted by Crippen LogP contribution is -2.40. The Labute approximate surface area is 165 Å². The van der Waals surface area contributed by atoms with Gasteiger partial charge < -0.3 is 19.7 Å². The fraction of sp³-hybridized carbons (Fsp3) is 0.429. The van der Waals surface area contributed by atoms with Crippen molar-refractivity contribution in [1.82, 2.24) is 15.2 Å². The molecule has 1 aromatic carbocycles. The number of methoxy groups -OCH3 is 1. The van der Waals surface area contributed by atoms with E-state index in [1.807, 2.05) is 13.0 Å². The van der Waals surface area contributed by atoms with Crippen LogP contribution in [0.15, 0.2) is 47.7 Å². The SMILES string of the molecule is CCNC(=NCc1ccc(Oc2cccnc2)c(F)c1)N1CCC(COC)C1. The maximum Gasteiger partial charge on any atom is 0.194 e. The summed E-state index contributed by atoms with van der Waals surface area (Å²) in [6.45, 7) is 5.87. The fourth-order valence-electron chi connectivity index (χ4n) is 3.25. The molecule has 0 aliphatic carbocycles. The largest absolute Gasteiger partial charge is 0.453 e. The second-order valence-electron chi connectivity index (χ2n) is 6.78. The van der Waals surface area contributed by atoms with Crippen LogP contribution in [0.4, 0.5) is 4.39 Å². The van der Waals surface area contributed by atoms with E-state index in [0.717, 1.165) is 44.2 Å². The molecular weight excluding hydrogens is 359 g/mol. The van der Waals surface area contributed by atoms with Crippen molar-refractivity contribution in [2.75, 3.05) is 33.4 Å². The van der Waals surface area contributed by atoms with Gasteiger partial charge in [-0.1, -0.05) is 6.07 Å². The third-order valence-electron chi connectivity index (χ3n) is 4.59. The Bertz CT molecular complexity index is 785. The van der Waals surface area contributed by atoms with Gasteiger partial charge in [-0.05, 0) is 43.2 Å². The van der Waals surface area contributed by atoms with Gasteiger partial charge in [0.05, 0.1) is 19.3 Å². The summed E-state index contributed by atoms with van der Waals surface area (Å²) in [7, 11) is 1.73. The molecule has 1 atom stereocenters. The number of hydrogen-bond acceptors (Lipinski definition) is 4. The second-order valence-corrected chi connectivity index (χ2v) is 6.78. The Morgan fingerprint density at radius 2 is 2.29 bits per heavy atom. The van der Waals surface area contributed by atoms with Crippen molar-refractivity contribution < 1.29 is 13.9 Å². The van der Waals surface area contributed by atoms with E-state index >= 15 is 0 Å². The lowest BCUT2D eigenvalue weighted by molar-refractivity contribution is 0.157. The third-order valence-corrected chi connectivity index (χ3v) is 4.59. The molecule has 0 radical (unpaired) electrons. The van der Waals surface area contributed by atoms with Gasteiger partial charge in [0.2, 0.25) is 0 Å². The first kappa shape index (κ1) is 20.1. The summed E-state index contributed by atoms with van der Waals surface area (Å²) in [6.07, 6.45) is 4.28. The maximum atomic E-state index is 14.4. The molecule has 1 aliphatic heterocycles. The van der Waals surface area contributed by atoms with Gasteiger partial charge in [0.15, 0.2) is 17.5 Å². The molecule has 0 spiro atoms. The van der Waals surface area contributed by atoms with E-state index in [2.05, 4.69) is 20.2 Å². The first-order chi connectivity index (χ1) is 13.7. The van der Waals surface area contributed by atoms with E-state index in [1.165, 1.54) is 6.07 Å². The number of nitrogens with one attached hydrogen (secondary N) is 1. The minimum atomic E-state index is -0.414. The zero-order valence-electron chi connectivity index (χ0n) is 16.4. The smallest absolute Gasteiger partial charge is 0.194 e. The summed E-state index contributed by atoms with van der Waals surface area (Å²) in [5, 5.41) is 3.33. The van der Waals surface area contributed by atoms with Gasteiger partial charge in [-0.2, -0.15) is 0 Å². The summed E-state index contributed by atoms with van der Waals surface area (Å²) in [6, 6.07) is 8.41. The van der Waals surface area contributed by atoms with Crippen molar-refractivity contribution in [2.24, 2.45) is 10.9 Å². The normalized spacial score (nSPS) is 17.0. The van der Waals surface area contributed by atoms with Crippen LogP contribution in [0.5, 0.6) is 11.5 Å². The quantitative estimate of drug-likeness (QED) is 0.583. The Hall–Kier alpha value is -2.67. The monoisotopic (exact) mass is 386 g/mol. The second kappa shape index (κ2) is 10.0. The first-order valence-corrected chi connectivity index (χ1v) is 9.58. The molecule has 1 fully saturated rings. The van der Waals surface area contributed by atoms with Crippen LogP contribution < -0.4 is 10.1 Å². The number of rotatable bonds is 7. The van der Waals surface area contributed by atoms with Crippen LogP contribution in [0.2, 0.25) is 0 Å². The number of benzene rings is 1. The molecule has 0 amide bonds. The summed E-state index contributed by atoms with van der Waals surface area (Å²) >= 11 is 0. The van der Waals surface area contributed by atoms with Crippen molar-refractivity contribution in [1.29, 1.82) is 0 Å². The molecule has 1 N–H and O–H groups in total. The molecule has 1 aliphatic rings. The van der Waals surface area contributed by atoms with E-state index in [0.29, 0.717) is 18.2 Å². The topological polar surface area (TPSA) is 59.0 Å². The minimum Gasteiger partial charge on any atom is -0.453 e. The molecule has 1 unspecified atom stereocenters. The molecule has 28 heavy (non-hydrogen) atoms. The van der Waals surface area contributed by atoms with E-state index < -0.39 is 5.82 Å². The van der Waals surface area contributed by atoms with Gasteiger partial charge in [0, 0.05) is 38.9 Å². The van der Waals surface area contributed by atoms with Crippen LogP contribution in [0, 0.1) is 11.7 Å². The molecule has 1 aromatic heterocycles. The van der Waals surface area contributed by atoms with Crippen molar-refractivity contribution >= 4 is 5.96 Å². The summed E-state index contributed by atoms with van der Waals surface area (Å²) < 4.78 is 25.2. The predicted octanol–water partition coefficient (Wildman–Crippen LogP) is 3.45. The Morgan fingerprint density at radius 3 is 3.00 bits per heavy atom. The number of aliphatic imine (C=N–C) groups is 1. The molecule has 2 aromatic rings. The number of pyridine rings is 1. The average Bonchev–Trinajstić information content (AvgIpc) is 3.17. The average molecular weight is 386 g/mol. The highest BCUT2D eigenvalue weighted by molar-refractivity contribution is 5.80. The Morgan fingerprint density at radius 1 is 1.39 bits per heavy atom. The number of aromatic nitrogens is 1. The Balaban J connectivity index is 1.65. The zero-order valence-corrected chi connectivity index (χ0v) is 16.4. The summed E-state index contributed by atoms with van der Waals surface area (Å²) in [5.74, 6) is 1.64. The number of ether oxygens (including phenoxy) is 2. The maximum absolute atomic E-state index is 14.4. The lowest BCUT2D eigenvalue weighted by Gasteiger charge is -2.21. The molecule has 1 saturated heterocycles. The fourth-order valence-corrected chi connectivity index (χ4v) is 3.25. The molecule has 7 heteroatoms. The van der Waals surface area contributed by atoms with Gasteiger partial charge >= 0.3 is 0 Å². The van der Waals surface area contributed by atoms with E-state index in [4.69, 9.17) is 9.47 Å². The van der Waals surface area contributed by atoms with Gasteiger partial charge in [-0.3, -0.25) is 4.98 Å². The van der Waals surface area contributed by atoms with E-state index in [-0.39, 0.29) is 5.75 Å². The molecule has 3 rings (SSSR count). The summed E-state index contributed by atoms with van der Waals surface area (Å²) in [5.41, 5.74) is 0.791. The molecular formula is C21H27FN4O2. The van der Waals surface area contributed by atoms with Crippen molar-refractivity contribution in [2.45, 2.75) is 19.9 Å².